The Kier molecular flexibility index (Phi) is 4.13. The van der Waals surface area contributed by atoms with Gasteiger partial charge in [-0.3, -0.25) is 9.48 Å². The first-order valence-corrected chi connectivity index (χ1v) is 6.76. The Morgan fingerprint density at radius 2 is 1.74 bits per heavy atom. The number of aromatic nitrogens is 2. The van der Waals surface area contributed by atoms with Crippen LogP contribution >= 0.6 is 0 Å². The topological polar surface area (TPSA) is 46.9 Å². The maximum atomic E-state index is 12.4. The van der Waals surface area contributed by atoms with Crippen LogP contribution in [0.2, 0.25) is 0 Å². The molecule has 19 heavy (non-hydrogen) atoms. The van der Waals surface area contributed by atoms with Gasteiger partial charge in [0.05, 0.1) is 11.3 Å². The molecule has 108 valence electrons. The van der Waals surface area contributed by atoms with E-state index in [1.807, 2.05) is 20.9 Å². The Morgan fingerprint density at radius 1 is 1.21 bits per heavy atom. The molecule has 0 unspecified atom stereocenters. The molecule has 4 heteroatoms. The van der Waals surface area contributed by atoms with E-state index >= 15 is 0 Å². The van der Waals surface area contributed by atoms with Crippen molar-refractivity contribution < 1.29 is 4.79 Å². The Hall–Kier alpha value is -1.32. The fourth-order valence-electron chi connectivity index (χ4n) is 2.84. The third-order valence-electron chi connectivity index (χ3n) is 3.16. The Labute approximate surface area is 116 Å². The molecule has 0 atom stereocenters. The summed E-state index contributed by atoms with van der Waals surface area (Å²) in [6.07, 6.45) is 0.921. The summed E-state index contributed by atoms with van der Waals surface area (Å²) in [6.45, 7) is 14.5. The van der Waals surface area contributed by atoms with Crippen molar-refractivity contribution >= 4 is 5.91 Å². The average Bonchev–Trinajstić information content (AvgIpc) is 2.35. The highest BCUT2D eigenvalue weighted by atomic mass is 16.1. The molecule has 0 saturated carbocycles. The van der Waals surface area contributed by atoms with Crippen LogP contribution in [0.4, 0.5) is 0 Å². The summed E-state index contributed by atoms with van der Waals surface area (Å²) in [6, 6.07) is 0. The normalized spacial score (nSPS) is 12.6. The Morgan fingerprint density at radius 3 is 2.11 bits per heavy atom. The maximum Gasteiger partial charge on any atom is 0.255 e. The van der Waals surface area contributed by atoms with E-state index in [1.165, 1.54) is 0 Å². The number of carbonyl (C=O) groups excluding carboxylic acids is 1. The van der Waals surface area contributed by atoms with E-state index in [1.54, 1.807) is 4.68 Å². The van der Waals surface area contributed by atoms with Crippen molar-refractivity contribution in [2.75, 3.05) is 0 Å². The van der Waals surface area contributed by atoms with E-state index in [4.69, 9.17) is 0 Å². The fraction of sp³-hybridized carbons (Fsp3) is 0.733. The van der Waals surface area contributed by atoms with Crippen LogP contribution in [0.3, 0.4) is 0 Å². The zero-order valence-corrected chi connectivity index (χ0v) is 13.5. The summed E-state index contributed by atoms with van der Waals surface area (Å²) in [4.78, 5) is 12.4. The third kappa shape index (κ3) is 4.08. The van der Waals surface area contributed by atoms with E-state index in [0.29, 0.717) is 5.56 Å². The third-order valence-corrected chi connectivity index (χ3v) is 3.16. The van der Waals surface area contributed by atoms with Gasteiger partial charge >= 0.3 is 0 Å². The van der Waals surface area contributed by atoms with Gasteiger partial charge in [-0.15, -0.1) is 0 Å². The summed E-state index contributed by atoms with van der Waals surface area (Å²) in [5.74, 6) is -0.0302. The second-order valence-corrected chi connectivity index (χ2v) is 7.24. The lowest BCUT2D eigenvalue weighted by atomic mass is 9.81. The highest BCUT2D eigenvalue weighted by Gasteiger charge is 2.29. The maximum absolute atomic E-state index is 12.4. The predicted octanol–water partition coefficient (Wildman–Crippen LogP) is 2.98. The van der Waals surface area contributed by atoms with Gasteiger partial charge in [0.2, 0.25) is 0 Å². The number of hydrogen-bond acceptors (Lipinski definition) is 2. The molecule has 0 fully saturated rings. The van der Waals surface area contributed by atoms with Crippen LogP contribution in [-0.4, -0.2) is 21.2 Å². The molecule has 0 radical (unpaired) electrons. The lowest BCUT2D eigenvalue weighted by molar-refractivity contribution is 0.0890. The molecule has 0 spiro atoms. The van der Waals surface area contributed by atoms with Gasteiger partial charge in [0.1, 0.15) is 0 Å². The second kappa shape index (κ2) is 4.99. The molecule has 1 aromatic rings. The van der Waals surface area contributed by atoms with Crippen LogP contribution in [0.5, 0.6) is 0 Å². The first kappa shape index (κ1) is 15.7. The molecule has 1 heterocycles. The van der Waals surface area contributed by atoms with Crippen molar-refractivity contribution in [2.24, 2.45) is 12.5 Å². The van der Waals surface area contributed by atoms with Crippen LogP contribution < -0.4 is 5.32 Å². The second-order valence-electron chi connectivity index (χ2n) is 7.24. The van der Waals surface area contributed by atoms with E-state index in [9.17, 15) is 4.79 Å². The van der Waals surface area contributed by atoms with Crippen LogP contribution in [0.15, 0.2) is 0 Å². The number of nitrogens with zero attached hydrogens (tertiary/aromatic N) is 2. The van der Waals surface area contributed by atoms with Crippen LogP contribution in [-0.2, 0) is 7.05 Å². The van der Waals surface area contributed by atoms with Gasteiger partial charge in [0.15, 0.2) is 0 Å². The molecule has 1 N–H and O–H groups in total. The SMILES string of the molecule is Cc1nn(C)c(C)c1C(=O)NC(C)(C)CC(C)(C)C. The smallest absolute Gasteiger partial charge is 0.255 e. The lowest BCUT2D eigenvalue weighted by Crippen LogP contribution is -2.46. The summed E-state index contributed by atoms with van der Waals surface area (Å²) < 4.78 is 1.75. The van der Waals surface area contributed by atoms with E-state index in [0.717, 1.165) is 17.8 Å². The zero-order chi connectivity index (χ0) is 15.0. The standard InChI is InChI=1S/C15H27N3O/c1-10-12(11(2)18(8)17-10)13(19)16-15(6,7)9-14(3,4)5/h9H2,1-8H3,(H,16,19). The van der Waals surface area contributed by atoms with Crippen molar-refractivity contribution in [3.05, 3.63) is 17.0 Å². The van der Waals surface area contributed by atoms with E-state index in [2.05, 4.69) is 45.0 Å². The molecule has 0 aliphatic rings. The minimum absolute atomic E-state index is 0.0302. The predicted molar refractivity (Wildman–Crippen MR) is 78.3 cm³/mol. The number of aryl methyl sites for hydroxylation is 2. The van der Waals surface area contributed by atoms with E-state index in [-0.39, 0.29) is 16.9 Å². The van der Waals surface area contributed by atoms with Gasteiger partial charge in [-0.1, -0.05) is 20.8 Å². The van der Waals surface area contributed by atoms with Crippen molar-refractivity contribution in [1.29, 1.82) is 0 Å². The number of amides is 1. The number of nitrogens with one attached hydrogen (secondary N) is 1. The Balaban J connectivity index is 2.91. The molecule has 1 rings (SSSR count). The van der Waals surface area contributed by atoms with E-state index < -0.39 is 0 Å². The monoisotopic (exact) mass is 265 g/mol. The average molecular weight is 265 g/mol. The Bertz CT molecular complexity index is 478. The molecule has 4 nitrogen and oxygen atoms in total. The lowest BCUT2D eigenvalue weighted by Gasteiger charge is -2.33. The quantitative estimate of drug-likeness (QED) is 0.913. The first-order valence-electron chi connectivity index (χ1n) is 6.76. The minimum atomic E-state index is -0.232. The van der Waals surface area contributed by atoms with Gasteiger partial charge in [0, 0.05) is 18.3 Å². The number of hydrogen-bond donors (Lipinski definition) is 1. The molecule has 0 saturated heterocycles. The van der Waals surface area contributed by atoms with Gasteiger partial charge in [-0.2, -0.15) is 5.10 Å². The van der Waals surface area contributed by atoms with Crippen molar-refractivity contribution in [3.63, 3.8) is 0 Å². The van der Waals surface area contributed by atoms with Crippen LogP contribution in [0.1, 0.15) is 62.8 Å². The van der Waals surface area contributed by atoms with Crippen molar-refractivity contribution in [3.8, 4) is 0 Å². The molecule has 0 aliphatic carbocycles. The van der Waals surface area contributed by atoms with Crippen molar-refractivity contribution in [1.82, 2.24) is 15.1 Å². The molecule has 0 aromatic carbocycles. The number of rotatable bonds is 3. The molecule has 0 bridgehead atoms. The summed E-state index contributed by atoms with van der Waals surface area (Å²) >= 11 is 0. The number of carbonyl (C=O) groups is 1. The molecular weight excluding hydrogens is 238 g/mol. The van der Waals surface area contributed by atoms with Gasteiger partial charge in [-0.05, 0) is 39.5 Å². The van der Waals surface area contributed by atoms with Gasteiger partial charge in [-0.25, -0.2) is 0 Å². The van der Waals surface area contributed by atoms with Crippen LogP contribution in [0, 0.1) is 19.3 Å². The fourth-order valence-corrected chi connectivity index (χ4v) is 2.84. The van der Waals surface area contributed by atoms with Gasteiger partial charge < -0.3 is 5.32 Å². The molecular formula is C15H27N3O. The minimum Gasteiger partial charge on any atom is -0.347 e. The zero-order valence-electron chi connectivity index (χ0n) is 13.5. The van der Waals surface area contributed by atoms with Crippen molar-refractivity contribution in [2.45, 2.75) is 60.4 Å². The largest absolute Gasteiger partial charge is 0.347 e. The molecule has 0 aliphatic heterocycles. The molecule has 1 aromatic heterocycles. The summed E-state index contributed by atoms with van der Waals surface area (Å²) in [5, 5.41) is 7.42. The highest BCUT2D eigenvalue weighted by Crippen LogP contribution is 2.27. The molecule has 1 amide bonds. The van der Waals surface area contributed by atoms with Crippen LogP contribution in [0.25, 0.3) is 0 Å². The highest BCUT2D eigenvalue weighted by molar-refractivity contribution is 5.96. The summed E-state index contributed by atoms with van der Waals surface area (Å²) in [5.41, 5.74) is 2.33. The first-order chi connectivity index (χ1) is 8.43. The summed E-state index contributed by atoms with van der Waals surface area (Å²) in [7, 11) is 1.86. The van der Waals surface area contributed by atoms with Gasteiger partial charge in [0.25, 0.3) is 5.91 Å².